The van der Waals surface area contributed by atoms with Crippen LogP contribution in [0.1, 0.15) is 29.6 Å². The highest BCUT2D eigenvalue weighted by molar-refractivity contribution is 5.97. The van der Waals surface area contributed by atoms with Gasteiger partial charge in [-0.05, 0) is 31.4 Å². The van der Waals surface area contributed by atoms with Crippen molar-refractivity contribution in [1.82, 2.24) is 5.32 Å². The van der Waals surface area contributed by atoms with Gasteiger partial charge >= 0.3 is 0 Å². The van der Waals surface area contributed by atoms with Crippen LogP contribution in [0.2, 0.25) is 0 Å². The smallest absolute Gasteiger partial charge is 0.255 e. The van der Waals surface area contributed by atoms with E-state index in [-0.39, 0.29) is 24.5 Å². The number of amides is 1. The molecule has 0 bridgehead atoms. The summed E-state index contributed by atoms with van der Waals surface area (Å²) in [6.45, 7) is -0.157. The average molecular weight is 269 g/mol. The Bertz CT molecular complexity index is 421. The van der Waals surface area contributed by atoms with Crippen LogP contribution in [0.5, 0.6) is 11.5 Å². The van der Waals surface area contributed by atoms with Crippen molar-refractivity contribution >= 4 is 5.91 Å². The summed E-state index contributed by atoms with van der Waals surface area (Å²) in [5.74, 6) is -1.41. The first-order valence-electron chi connectivity index (χ1n) is 6.13. The van der Waals surface area contributed by atoms with Crippen LogP contribution in [0.15, 0.2) is 18.2 Å². The Hall–Kier alpha value is -1.79. The van der Waals surface area contributed by atoms with E-state index in [0.29, 0.717) is 19.3 Å². The van der Waals surface area contributed by atoms with Crippen LogP contribution in [0, 0.1) is 0 Å². The Morgan fingerprint density at radius 2 is 1.95 bits per heavy atom. The number of hydrogen-bond donors (Lipinski definition) is 5. The van der Waals surface area contributed by atoms with Crippen molar-refractivity contribution in [3.63, 3.8) is 0 Å². The zero-order valence-electron chi connectivity index (χ0n) is 10.5. The Kier molecular flexibility index (Phi) is 6.11. The van der Waals surface area contributed by atoms with Crippen molar-refractivity contribution in [3.8, 4) is 11.5 Å². The van der Waals surface area contributed by atoms with Gasteiger partial charge in [0.2, 0.25) is 0 Å². The molecule has 0 heterocycles. The molecular weight excluding hydrogens is 250 g/mol. The Morgan fingerprint density at radius 1 is 1.21 bits per heavy atom. The lowest BCUT2D eigenvalue weighted by Crippen LogP contribution is -2.37. The molecule has 1 amide bonds. The molecule has 1 aromatic carbocycles. The van der Waals surface area contributed by atoms with Crippen molar-refractivity contribution in [3.05, 3.63) is 23.8 Å². The summed E-state index contributed by atoms with van der Waals surface area (Å²) in [7, 11) is 0. The van der Waals surface area contributed by atoms with E-state index in [2.05, 4.69) is 5.32 Å². The third kappa shape index (κ3) is 4.42. The number of aliphatic hydroxyl groups excluding tert-OH is 2. The fraction of sp³-hybridized carbons (Fsp3) is 0.462. The number of para-hydroxylation sites is 1. The third-order valence-electron chi connectivity index (χ3n) is 2.78. The molecule has 0 saturated heterocycles. The Labute approximate surface area is 111 Å². The Balaban J connectivity index is 2.64. The standard InChI is InChI=1S/C13H19NO5/c15-7-2-1-4-9(8-16)14-13(19)10-5-3-6-11(17)12(10)18/h3,5-6,9,15-18H,1-2,4,7-8H2,(H,14,19). The number of nitrogens with one attached hydrogen (secondary N) is 1. The number of aliphatic hydroxyl groups is 2. The first-order valence-corrected chi connectivity index (χ1v) is 6.13. The molecule has 19 heavy (non-hydrogen) atoms. The molecule has 1 unspecified atom stereocenters. The first kappa shape index (κ1) is 15.3. The largest absolute Gasteiger partial charge is 0.504 e. The zero-order chi connectivity index (χ0) is 14.3. The molecule has 1 aromatic rings. The summed E-state index contributed by atoms with van der Waals surface area (Å²) in [5.41, 5.74) is -0.0411. The molecule has 6 heteroatoms. The van der Waals surface area contributed by atoms with E-state index in [4.69, 9.17) is 10.2 Å². The minimum Gasteiger partial charge on any atom is -0.504 e. The minimum absolute atomic E-state index is 0.0411. The maximum atomic E-state index is 11.9. The summed E-state index contributed by atoms with van der Waals surface area (Å²) in [4.78, 5) is 11.9. The van der Waals surface area contributed by atoms with Crippen molar-refractivity contribution < 1.29 is 25.2 Å². The van der Waals surface area contributed by atoms with Crippen molar-refractivity contribution in [1.29, 1.82) is 0 Å². The van der Waals surface area contributed by atoms with E-state index >= 15 is 0 Å². The van der Waals surface area contributed by atoms with Gasteiger partial charge in [0.1, 0.15) is 0 Å². The van der Waals surface area contributed by atoms with E-state index < -0.39 is 17.7 Å². The summed E-state index contributed by atoms with van der Waals surface area (Å²) in [6, 6.07) is 3.66. The lowest BCUT2D eigenvalue weighted by atomic mass is 10.1. The van der Waals surface area contributed by atoms with E-state index in [1.165, 1.54) is 18.2 Å². The van der Waals surface area contributed by atoms with Gasteiger partial charge in [-0.3, -0.25) is 4.79 Å². The van der Waals surface area contributed by atoms with E-state index in [9.17, 15) is 15.0 Å². The fourth-order valence-electron chi connectivity index (χ4n) is 1.69. The van der Waals surface area contributed by atoms with Crippen molar-refractivity contribution in [2.45, 2.75) is 25.3 Å². The van der Waals surface area contributed by atoms with Crippen molar-refractivity contribution in [2.75, 3.05) is 13.2 Å². The highest BCUT2D eigenvalue weighted by Crippen LogP contribution is 2.28. The van der Waals surface area contributed by atoms with Crippen LogP contribution in [0.3, 0.4) is 0 Å². The molecular formula is C13H19NO5. The van der Waals surface area contributed by atoms with E-state index in [0.717, 1.165) is 0 Å². The molecule has 1 rings (SSSR count). The summed E-state index contributed by atoms with van der Waals surface area (Å²) >= 11 is 0. The molecule has 0 aliphatic carbocycles. The molecule has 5 N–H and O–H groups in total. The Morgan fingerprint density at radius 3 is 2.58 bits per heavy atom. The van der Waals surface area contributed by atoms with E-state index in [1.54, 1.807) is 0 Å². The average Bonchev–Trinajstić information content (AvgIpc) is 2.40. The molecule has 0 aliphatic heterocycles. The maximum absolute atomic E-state index is 11.9. The number of phenolic OH excluding ortho intramolecular Hbond substituents is 2. The van der Waals surface area contributed by atoms with Gasteiger partial charge in [0.15, 0.2) is 11.5 Å². The summed E-state index contributed by atoms with van der Waals surface area (Å²) < 4.78 is 0. The molecule has 0 saturated carbocycles. The number of carbonyl (C=O) groups excluding carboxylic acids is 1. The number of phenols is 2. The highest BCUT2D eigenvalue weighted by Gasteiger charge is 2.17. The molecule has 1 atom stereocenters. The molecule has 0 fully saturated rings. The van der Waals surface area contributed by atoms with Crippen LogP contribution in [-0.4, -0.2) is 45.6 Å². The number of carbonyl (C=O) groups is 1. The SMILES string of the molecule is O=C(NC(CO)CCCCO)c1cccc(O)c1O. The number of unbranched alkanes of at least 4 members (excludes halogenated alkanes) is 1. The summed E-state index contributed by atoms with van der Waals surface area (Å²) in [6.07, 6.45) is 1.81. The van der Waals surface area contributed by atoms with Gasteiger partial charge in [0.25, 0.3) is 5.91 Å². The maximum Gasteiger partial charge on any atom is 0.255 e. The molecule has 6 nitrogen and oxygen atoms in total. The normalized spacial score (nSPS) is 12.1. The molecule has 106 valence electrons. The molecule has 0 aromatic heterocycles. The molecule has 0 radical (unpaired) electrons. The first-order chi connectivity index (χ1) is 9.10. The predicted molar refractivity (Wildman–Crippen MR) is 69.0 cm³/mol. The number of hydrogen-bond acceptors (Lipinski definition) is 5. The summed E-state index contributed by atoms with van der Waals surface area (Å²) in [5, 5.41) is 39.3. The lowest BCUT2D eigenvalue weighted by Gasteiger charge is -2.16. The second-order valence-corrected chi connectivity index (χ2v) is 4.25. The van der Waals surface area contributed by atoms with Gasteiger partial charge in [-0.25, -0.2) is 0 Å². The number of rotatable bonds is 7. The van der Waals surface area contributed by atoms with E-state index in [1.807, 2.05) is 0 Å². The van der Waals surface area contributed by atoms with Crippen LogP contribution in [0.4, 0.5) is 0 Å². The second kappa shape index (κ2) is 7.60. The molecule has 0 spiro atoms. The zero-order valence-corrected chi connectivity index (χ0v) is 10.5. The predicted octanol–water partition coefficient (Wildman–Crippen LogP) is 0.351. The number of aromatic hydroxyl groups is 2. The second-order valence-electron chi connectivity index (χ2n) is 4.25. The van der Waals surface area contributed by atoms with Crippen LogP contribution >= 0.6 is 0 Å². The van der Waals surface area contributed by atoms with Gasteiger partial charge < -0.3 is 25.7 Å². The lowest BCUT2D eigenvalue weighted by molar-refractivity contribution is 0.0908. The molecule has 0 aliphatic rings. The van der Waals surface area contributed by atoms with Crippen LogP contribution < -0.4 is 5.32 Å². The quantitative estimate of drug-likeness (QED) is 0.362. The minimum atomic E-state index is -0.559. The van der Waals surface area contributed by atoms with Gasteiger partial charge in [-0.15, -0.1) is 0 Å². The van der Waals surface area contributed by atoms with Gasteiger partial charge in [0.05, 0.1) is 18.2 Å². The van der Waals surface area contributed by atoms with Gasteiger partial charge in [0, 0.05) is 6.61 Å². The van der Waals surface area contributed by atoms with Gasteiger partial charge in [-0.2, -0.15) is 0 Å². The van der Waals surface area contributed by atoms with Crippen LogP contribution in [0.25, 0.3) is 0 Å². The topological polar surface area (TPSA) is 110 Å². The van der Waals surface area contributed by atoms with Crippen LogP contribution in [-0.2, 0) is 0 Å². The fourth-order valence-corrected chi connectivity index (χ4v) is 1.69. The monoisotopic (exact) mass is 269 g/mol. The van der Waals surface area contributed by atoms with Gasteiger partial charge in [-0.1, -0.05) is 6.07 Å². The number of benzene rings is 1. The van der Waals surface area contributed by atoms with Crippen molar-refractivity contribution in [2.24, 2.45) is 0 Å². The third-order valence-corrected chi connectivity index (χ3v) is 2.78. The highest BCUT2D eigenvalue weighted by atomic mass is 16.3.